The molecule has 28 heavy (non-hydrogen) atoms. The highest BCUT2D eigenvalue weighted by atomic mass is 16.5. The quantitative estimate of drug-likeness (QED) is 0.794. The molecular formula is C21H24N2O5. The van der Waals surface area contributed by atoms with Crippen molar-refractivity contribution in [3.63, 3.8) is 0 Å². The third kappa shape index (κ3) is 4.03. The highest BCUT2D eigenvalue weighted by Crippen LogP contribution is 2.34. The van der Waals surface area contributed by atoms with E-state index >= 15 is 0 Å². The molecule has 1 saturated heterocycles. The predicted molar refractivity (Wildman–Crippen MR) is 106 cm³/mol. The van der Waals surface area contributed by atoms with Crippen LogP contribution in [-0.2, 0) is 9.59 Å². The summed E-state index contributed by atoms with van der Waals surface area (Å²) < 4.78 is 16.1. The van der Waals surface area contributed by atoms with E-state index in [1.54, 1.807) is 49.5 Å². The number of anilines is 2. The van der Waals surface area contributed by atoms with Gasteiger partial charge in [0.15, 0.2) is 11.5 Å². The molecule has 2 amide bonds. The van der Waals surface area contributed by atoms with Crippen LogP contribution in [0, 0.1) is 5.92 Å². The van der Waals surface area contributed by atoms with Gasteiger partial charge in [0.05, 0.1) is 32.4 Å². The summed E-state index contributed by atoms with van der Waals surface area (Å²) in [7, 11) is 3.10. The first-order valence-electron chi connectivity index (χ1n) is 9.12. The van der Waals surface area contributed by atoms with Crippen LogP contribution in [0.4, 0.5) is 11.4 Å². The second-order valence-electron chi connectivity index (χ2n) is 6.36. The van der Waals surface area contributed by atoms with Crippen LogP contribution in [0.1, 0.15) is 13.3 Å². The molecule has 1 fully saturated rings. The predicted octanol–water partition coefficient (Wildman–Crippen LogP) is 3.09. The minimum atomic E-state index is -0.449. The number of para-hydroxylation sites is 2. The smallest absolute Gasteiger partial charge is 0.229 e. The maximum atomic E-state index is 12.7. The highest BCUT2D eigenvalue weighted by Gasteiger charge is 2.35. The van der Waals surface area contributed by atoms with E-state index in [1.807, 2.05) is 19.1 Å². The molecule has 0 saturated carbocycles. The van der Waals surface area contributed by atoms with Gasteiger partial charge < -0.3 is 24.4 Å². The number of ether oxygens (including phenoxy) is 3. The summed E-state index contributed by atoms with van der Waals surface area (Å²) in [5.74, 6) is 0.967. The number of methoxy groups -OCH3 is 2. The van der Waals surface area contributed by atoms with Crippen LogP contribution in [0.15, 0.2) is 42.5 Å². The Hall–Kier alpha value is -3.22. The molecule has 1 aliphatic heterocycles. The Balaban J connectivity index is 1.73. The molecule has 7 heteroatoms. The monoisotopic (exact) mass is 384 g/mol. The van der Waals surface area contributed by atoms with Crippen molar-refractivity contribution in [1.29, 1.82) is 0 Å². The van der Waals surface area contributed by atoms with Crippen LogP contribution in [-0.4, -0.2) is 39.2 Å². The number of carbonyl (C=O) groups is 2. The van der Waals surface area contributed by atoms with E-state index < -0.39 is 5.92 Å². The van der Waals surface area contributed by atoms with Crippen molar-refractivity contribution in [1.82, 2.24) is 0 Å². The first-order valence-corrected chi connectivity index (χ1v) is 9.12. The summed E-state index contributed by atoms with van der Waals surface area (Å²) in [5, 5.41) is 2.88. The van der Waals surface area contributed by atoms with Crippen LogP contribution in [0.25, 0.3) is 0 Å². The Morgan fingerprint density at radius 2 is 1.86 bits per heavy atom. The second kappa shape index (κ2) is 8.65. The molecule has 3 rings (SSSR count). The Kier molecular flexibility index (Phi) is 6.03. The third-order valence-corrected chi connectivity index (χ3v) is 4.62. The molecule has 2 aromatic carbocycles. The van der Waals surface area contributed by atoms with Gasteiger partial charge in [-0.2, -0.15) is 0 Å². The number of nitrogens with zero attached hydrogens (tertiary/aromatic N) is 1. The number of benzene rings is 2. The average molecular weight is 384 g/mol. The van der Waals surface area contributed by atoms with Crippen molar-refractivity contribution in [2.24, 2.45) is 5.92 Å². The molecule has 0 aliphatic carbocycles. The van der Waals surface area contributed by atoms with Crippen LogP contribution in [0.3, 0.4) is 0 Å². The van der Waals surface area contributed by atoms with Crippen molar-refractivity contribution >= 4 is 23.2 Å². The maximum absolute atomic E-state index is 12.7. The lowest BCUT2D eigenvalue weighted by molar-refractivity contribution is -0.122. The zero-order valence-corrected chi connectivity index (χ0v) is 16.2. The maximum Gasteiger partial charge on any atom is 0.229 e. The normalized spacial score (nSPS) is 16.0. The van der Waals surface area contributed by atoms with Gasteiger partial charge in [-0.25, -0.2) is 0 Å². The zero-order chi connectivity index (χ0) is 20.1. The molecule has 1 unspecified atom stereocenters. The Bertz CT molecular complexity index is 868. The molecule has 0 aromatic heterocycles. The van der Waals surface area contributed by atoms with Crippen molar-refractivity contribution in [2.75, 3.05) is 37.6 Å². The summed E-state index contributed by atoms with van der Waals surface area (Å²) in [5.41, 5.74) is 1.28. The standard InChI is InChI=1S/C21H24N2O5/c1-4-28-17-8-6-5-7-16(17)22-21(25)14-11-20(24)23(13-14)15-9-10-18(26-2)19(12-15)27-3/h5-10,12,14H,4,11,13H2,1-3H3,(H,22,25). The van der Waals surface area contributed by atoms with Crippen LogP contribution < -0.4 is 24.4 Å². The Morgan fingerprint density at radius 3 is 2.57 bits per heavy atom. The Labute approximate surface area is 164 Å². The first kappa shape index (κ1) is 19.5. The van der Waals surface area contributed by atoms with Gasteiger partial charge in [-0.05, 0) is 31.2 Å². The molecule has 1 heterocycles. The topological polar surface area (TPSA) is 77.1 Å². The van der Waals surface area contributed by atoms with E-state index in [4.69, 9.17) is 14.2 Å². The third-order valence-electron chi connectivity index (χ3n) is 4.62. The number of amides is 2. The number of hydrogen-bond acceptors (Lipinski definition) is 5. The highest BCUT2D eigenvalue weighted by molar-refractivity contribution is 6.04. The van der Waals surface area contributed by atoms with Crippen LogP contribution >= 0.6 is 0 Å². The fourth-order valence-corrected chi connectivity index (χ4v) is 3.21. The van der Waals surface area contributed by atoms with Gasteiger partial charge in [-0.1, -0.05) is 12.1 Å². The van der Waals surface area contributed by atoms with Gasteiger partial charge in [0.1, 0.15) is 5.75 Å². The molecule has 0 spiro atoms. The van der Waals surface area contributed by atoms with Crippen LogP contribution in [0.5, 0.6) is 17.2 Å². The van der Waals surface area contributed by atoms with E-state index in [-0.39, 0.29) is 18.2 Å². The molecule has 1 atom stereocenters. The summed E-state index contributed by atoms with van der Waals surface area (Å²) in [6, 6.07) is 12.5. The molecular weight excluding hydrogens is 360 g/mol. The SMILES string of the molecule is CCOc1ccccc1NC(=O)C1CC(=O)N(c2ccc(OC)c(OC)c2)C1. The average Bonchev–Trinajstić information content (AvgIpc) is 3.11. The number of carbonyl (C=O) groups excluding carboxylic acids is 2. The molecule has 1 N–H and O–H groups in total. The minimum absolute atomic E-state index is 0.106. The lowest BCUT2D eigenvalue weighted by Crippen LogP contribution is -2.28. The summed E-state index contributed by atoms with van der Waals surface area (Å²) >= 11 is 0. The van der Waals surface area contributed by atoms with E-state index in [2.05, 4.69) is 5.32 Å². The van der Waals surface area contributed by atoms with Gasteiger partial charge in [0.2, 0.25) is 11.8 Å². The number of rotatable bonds is 7. The van der Waals surface area contributed by atoms with E-state index in [0.29, 0.717) is 41.8 Å². The first-order chi connectivity index (χ1) is 13.6. The van der Waals surface area contributed by atoms with Gasteiger partial charge >= 0.3 is 0 Å². The lowest BCUT2D eigenvalue weighted by atomic mass is 10.1. The van der Waals surface area contributed by atoms with Crippen molar-refractivity contribution in [3.05, 3.63) is 42.5 Å². The van der Waals surface area contributed by atoms with Crippen molar-refractivity contribution in [2.45, 2.75) is 13.3 Å². The lowest BCUT2D eigenvalue weighted by Gasteiger charge is -2.19. The Morgan fingerprint density at radius 1 is 1.11 bits per heavy atom. The fourth-order valence-electron chi connectivity index (χ4n) is 3.21. The number of nitrogens with one attached hydrogen (secondary N) is 1. The molecule has 1 aliphatic rings. The van der Waals surface area contributed by atoms with Gasteiger partial charge in [-0.3, -0.25) is 9.59 Å². The van der Waals surface area contributed by atoms with E-state index in [9.17, 15) is 9.59 Å². The number of hydrogen-bond donors (Lipinski definition) is 1. The van der Waals surface area contributed by atoms with E-state index in [0.717, 1.165) is 0 Å². The molecule has 0 radical (unpaired) electrons. The van der Waals surface area contributed by atoms with Crippen molar-refractivity contribution < 1.29 is 23.8 Å². The second-order valence-corrected chi connectivity index (χ2v) is 6.36. The fraction of sp³-hybridized carbons (Fsp3) is 0.333. The summed E-state index contributed by atoms with van der Waals surface area (Å²) in [6.07, 6.45) is 0.150. The molecule has 148 valence electrons. The van der Waals surface area contributed by atoms with Gasteiger partial charge in [0.25, 0.3) is 0 Å². The zero-order valence-electron chi connectivity index (χ0n) is 16.2. The van der Waals surface area contributed by atoms with Gasteiger partial charge in [0, 0.05) is 24.7 Å². The minimum Gasteiger partial charge on any atom is -0.493 e. The summed E-state index contributed by atoms with van der Waals surface area (Å²) in [4.78, 5) is 26.8. The van der Waals surface area contributed by atoms with Crippen molar-refractivity contribution in [3.8, 4) is 17.2 Å². The molecule has 7 nitrogen and oxygen atoms in total. The molecule has 0 bridgehead atoms. The van der Waals surface area contributed by atoms with E-state index in [1.165, 1.54) is 0 Å². The summed E-state index contributed by atoms with van der Waals surface area (Å²) in [6.45, 7) is 2.69. The van der Waals surface area contributed by atoms with Gasteiger partial charge in [-0.15, -0.1) is 0 Å². The largest absolute Gasteiger partial charge is 0.493 e. The molecule has 2 aromatic rings. The van der Waals surface area contributed by atoms with Crippen LogP contribution in [0.2, 0.25) is 0 Å².